The SMILES string of the molecule is CCC(C)O[SiH2]C(CSSCC([SiH2]OC(C)CC)([SiH2]OC(C)CC)[SiH2]OC(C)CC)([SiH2]OC(C)CC)[SiH2]OC(C)CC. The van der Waals surface area contributed by atoms with Gasteiger partial charge in [-0.1, -0.05) is 63.1 Å². The fourth-order valence-electron chi connectivity index (χ4n) is 3.45. The van der Waals surface area contributed by atoms with Gasteiger partial charge in [0.15, 0.2) is 58.6 Å². The first kappa shape index (κ1) is 43.8. The van der Waals surface area contributed by atoms with Crippen molar-refractivity contribution in [2.45, 2.75) is 167 Å². The second-order valence-electron chi connectivity index (χ2n) is 12.7. The quantitative estimate of drug-likeness (QED) is 0.0653. The van der Waals surface area contributed by atoms with Crippen LogP contribution in [0.25, 0.3) is 0 Å². The van der Waals surface area contributed by atoms with Crippen LogP contribution in [0.4, 0.5) is 0 Å². The fraction of sp³-hybridized carbons (Fsp3) is 1.00. The number of hydrogen-bond donors (Lipinski definition) is 0. The predicted octanol–water partition coefficient (Wildman–Crippen LogP) is 3.91. The monoisotopic (exact) mass is 734 g/mol. The van der Waals surface area contributed by atoms with Crippen molar-refractivity contribution in [3.8, 4) is 0 Å². The molecule has 14 heteroatoms. The molecular weight excluding hydrogens is 665 g/mol. The van der Waals surface area contributed by atoms with Crippen molar-refractivity contribution in [1.29, 1.82) is 0 Å². The lowest BCUT2D eigenvalue weighted by atomic mass is 10.3. The average molecular weight is 736 g/mol. The van der Waals surface area contributed by atoms with E-state index in [1.165, 1.54) is 0 Å². The van der Waals surface area contributed by atoms with Crippen LogP contribution in [0.1, 0.15) is 122 Å². The molecule has 0 fully saturated rings. The lowest BCUT2D eigenvalue weighted by Gasteiger charge is -2.36. The Hall–Kier alpha value is 1.76. The lowest BCUT2D eigenvalue weighted by molar-refractivity contribution is 0.201. The van der Waals surface area contributed by atoms with E-state index >= 15 is 0 Å². The summed E-state index contributed by atoms with van der Waals surface area (Å²) in [5.41, 5.74) is 0. The van der Waals surface area contributed by atoms with Crippen LogP contribution >= 0.6 is 21.6 Å². The molecule has 6 atom stereocenters. The van der Waals surface area contributed by atoms with E-state index in [4.69, 9.17) is 26.6 Å². The maximum Gasteiger partial charge on any atom is 0.167 e. The zero-order valence-corrected chi connectivity index (χ0v) is 39.7. The van der Waals surface area contributed by atoms with E-state index in [9.17, 15) is 0 Å². The van der Waals surface area contributed by atoms with Crippen molar-refractivity contribution in [3.05, 3.63) is 0 Å². The van der Waals surface area contributed by atoms with Crippen LogP contribution in [0.3, 0.4) is 0 Å². The van der Waals surface area contributed by atoms with Gasteiger partial charge in [-0.15, -0.1) is 0 Å². The first-order chi connectivity index (χ1) is 19.9. The van der Waals surface area contributed by atoms with Crippen molar-refractivity contribution in [2.24, 2.45) is 0 Å². The largest absolute Gasteiger partial charge is 0.421 e. The van der Waals surface area contributed by atoms with Gasteiger partial charge in [0.2, 0.25) is 0 Å². The predicted molar refractivity (Wildman–Crippen MR) is 207 cm³/mol. The number of rotatable bonds is 29. The molecule has 0 aliphatic heterocycles. The molecule has 0 saturated heterocycles. The summed E-state index contributed by atoms with van der Waals surface area (Å²) in [7, 11) is -0.566. The Bertz CT molecular complexity index is 524. The summed E-state index contributed by atoms with van der Waals surface area (Å²) >= 11 is 0. The standard InChI is InChI=1S/C28H70O6S2Si6/c1-13-21(7)29-37-27(38-30-22(8)14-2,39-31-23(9)15-3)19-35-36-20-28(40-32-24(10)16-4,41-33-25(11)17-5)42-34-26(12)18-6/h21-26H,13-20,37-42H2,1-12H3. The van der Waals surface area contributed by atoms with Crippen LogP contribution in [-0.2, 0) is 26.6 Å². The van der Waals surface area contributed by atoms with Gasteiger partial charge in [-0.25, -0.2) is 0 Å². The van der Waals surface area contributed by atoms with Crippen LogP contribution in [-0.4, -0.2) is 107 Å². The summed E-state index contributed by atoms with van der Waals surface area (Å²) in [6, 6.07) is 0. The smallest absolute Gasteiger partial charge is 0.167 e. The highest BCUT2D eigenvalue weighted by Gasteiger charge is 2.39. The minimum absolute atomic E-state index is 0.219. The summed E-state index contributed by atoms with van der Waals surface area (Å²) in [5, 5.41) is 0. The molecule has 0 aromatic rings. The molecule has 0 heterocycles. The summed E-state index contributed by atoms with van der Waals surface area (Å²) in [6.07, 6.45) is 8.36. The number of hydrogen-bond acceptors (Lipinski definition) is 8. The molecule has 0 aliphatic carbocycles. The Morgan fingerprint density at radius 3 is 0.690 bits per heavy atom. The molecule has 0 amide bonds. The van der Waals surface area contributed by atoms with E-state index in [-0.39, 0.29) is 8.57 Å². The van der Waals surface area contributed by atoms with Crippen LogP contribution in [0.2, 0.25) is 8.57 Å². The summed E-state index contributed by atoms with van der Waals surface area (Å²) in [4.78, 5) is 0. The molecular formula is C28H70O6S2Si6. The Labute approximate surface area is 283 Å². The van der Waals surface area contributed by atoms with E-state index < -0.39 is 58.6 Å². The second-order valence-corrected chi connectivity index (χ2v) is 33.9. The van der Waals surface area contributed by atoms with E-state index in [1.54, 1.807) is 0 Å². The van der Waals surface area contributed by atoms with Crippen molar-refractivity contribution >= 4 is 80.2 Å². The van der Waals surface area contributed by atoms with Gasteiger partial charge in [0, 0.05) is 56.7 Å². The fourth-order valence-corrected chi connectivity index (χ4v) is 24.1. The average Bonchev–Trinajstić information content (AvgIpc) is 3.02. The zero-order chi connectivity index (χ0) is 32.0. The summed E-state index contributed by atoms with van der Waals surface area (Å²) < 4.78 is 40.1. The first-order valence-electron chi connectivity index (χ1n) is 16.9. The highest BCUT2D eigenvalue weighted by molar-refractivity contribution is 8.76. The highest BCUT2D eigenvalue weighted by Crippen LogP contribution is 2.40. The Kier molecular flexibility index (Phi) is 26.9. The third kappa shape index (κ3) is 20.1. The normalized spacial score (nSPS) is 21.1. The molecule has 0 aromatic carbocycles. The molecule has 0 bridgehead atoms. The van der Waals surface area contributed by atoms with Gasteiger partial charge >= 0.3 is 0 Å². The van der Waals surface area contributed by atoms with Crippen LogP contribution < -0.4 is 0 Å². The zero-order valence-electron chi connectivity index (χ0n) is 29.6. The van der Waals surface area contributed by atoms with E-state index in [1.807, 2.05) is 0 Å². The summed E-state index contributed by atoms with van der Waals surface area (Å²) in [6.45, 7) is 26.8. The van der Waals surface area contributed by atoms with Crippen LogP contribution in [0.5, 0.6) is 0 Å². The van der Waals surface area contributed by atoms with Gasteiger partial charge in [-0.05, 0) is 80.1 Å². The first-order valence-corrected chi connectivity index (χ1v) is 27.1. The molecule has 0 spiro atoms. The molecule has 0 rings (SSSR count). The van der Waals surface area contributed by atoms with Crippen molar-refractivity contribution in [2.75, 3.05) is 11.5 Å². The molecule has 42 heavy (non-hydrogen) atoms. The molecule has 0 N–H and O–H groups in total. The second kappa shape index (κ2) is 25.8. The van der Waals surface area contributed by atoms with Gasteiger partial charge in [0.05, 0.1) is 0 Å². The van der Waals surface area contributed by atoms with Gasteiger partial charge in [0.25, 0.3) is 0 Å². The third-order valence-corrected chi connectivity index (χ3v) is 30.3. The molecule has 0 saturated carbocycles. The topological polar surface area (TPSA) is 55.4 Å². The molecule has 0 aromatic heterocycles. The van der Waals surface area contributed by atoms with Crippen molar-refractivity contribution in [1.82, 2.24) is 0 Å². The third-order valence-electron chi connectivity index (χ3n) is 8.31. The molecule has 6 unspecified atom stereocenters. The van der Waals surface area contributed by atoms with Crippen molar-refractivity contribution < 1.29 is 26.6 Å². The van der Waals surface area contributed by atoms with Gasteiger partial charge in [-0.3, -0.25) is 0 Å². The van der Waals surface area contributed by atoms with Gasteiger partial charge in [-0.2, -0.15) is 0 Å². The lowest BCUT2D eigenvalue weighted by Crippen LogP contribution is -2.43. The van der Waals surface area contributed by atoms with E-state index in [0.717, 1.165) is 50.0 Å². The Morgan fingerprint density at radius 1 is 0.381 bits per heavy atom. The van der Waals surface area contributed by atoms with Crippen molar-refractivity contribution in [3.63, 3.8) is 0 Å². The van der Waals surface area contributed by atoms with E-state index in [0.29, 0.717) is 36.6 Å². The maximum atomic E-state index is 6.60. The Morgan fingerprint density at radius 2 is 0.548 bits per heavy atom. The summed E-state index contributed by atoms with van der Waals surface area (Å²) in [5.74, 6) is 2.22. The maximum absolute atomic E-state index is 6.60. The van der Waals surface area contributed by atoms with Gasteiger partial charge < -0.3 is 26.6 Å². The van der Waals surface area contributed by atoms with Gasteiger partial charge in [0.1, 0.15) is 0 Å². The van der Waals surface area contributed by atoms with Crippen LogP contribution in [0.15, 0.2) is 0 Å². The van der Waals surface area contributed by atoms with E-state index in [2.05, 4.69) is 105 Å². The molecule has 0 radical (unpaired) electrons. The minimum Gasteiger partial charge on any atom is -0.421 e. The highest BCUT2D eigenvalue weighted by atomic mass is 33.1. The Balaban J connectivity index is 5.90. The molecule has 0 aliphatic rings. The van der Waals surface area contributed by atoms with Crippen LogP contribution in [0, 0.1) is 0 Å². The molecule has 6 nitrogen and oxygen atoms in total. The molecule has 254 valence electrons. The minimum atomic E-state index is -0.783.